The summed E-state index contributed by atoms with van der Waals surface area (Å²) in [5, 5.41) is 2.87. The molecule has 1 aliphatic rings. The van der Waals surface area contributed by atoms with E-state index >= 15 is 0 Å². The maximum Gasteiger partial charge on any atom is 0.244 e. The number of nitrogens with two attached hydrogens (primary N) is 1. The Kier molecular flexibility index (Phi) is 4.91. The molecule has 0 saturated heterocycles. The van der Waals surface area contributed by atoms with Crippen molar-refractivity contribution in [2.75, 3.05) is 5.32 Å². The van der Waals surface area contributed by atoms with E-state index in [9.17, 15) is 9.59 Å². The molecule has 0 aromatic heterocycles. The predicted octanol–water partition coefficient (Wildman–Crippen LogP) is 2.89. The second kappa shape index (κ2) is 6.68. The van der Waals surface area contributed by atoms with Crippen LogP contribution in [0.2, 0.25) is 0 Å². The molecule has 0 aliphatic heterocycles. The molecule has 112 valence electrons. The molecule has 1 saturated carbocycles. The summed E-state index contributed by atoms with van der Waals surface area (Å²) in [6.45, 7) is 1.83. The van der Waals surface area contributed by atoms with Gasteiger partial charge in [0.15, 0.2) is 5.78 Å². The Morgan fingerprint density at radius 1 is 1.24 bits per heavy atom. The summed E-state index contributed by atoms with van der Waals surface area (Å²) in [6.07, 6.45) is 7.37. The van der Waals surface area contributed by atoms with Crippen LogP contribution in [0.4, 0.5) is 5.69 Å². The molecule has 0 unspecified atom stereocenters. The standard InChI is InChI=1S/C17H22N2O2/c1-2-15(20)10-7-13-5-8-14(9-6-13)19-16(21)17(18)11-3-4-12-17/h5-10H,2-4,11-12,18H2,1H3,(H,19,21)/b10-7+. The molecular weight excluding hydrogens is 264 g/mol. The lowest BCUT2D eigenvalue weighted by Crippen LogP contribution is -2.48. The topological polar surface area (TPSA) is 72.2 Å². The van der Waals surface area contributed by atoms with Crippen molar-refractivity contribution in [1.29, 1.82) is 0 Å². The van der Waals surface area contributed by atoms with Gasteiger partial charge in [0.1, 0.15) is 0 Å². The third-order valence-electron chi connectivity index (χ3n) is 3.93. The van der Waals surface area contributed by atoms with Gasteiger partial charge in [0.05, 0.1) is 5.54 Å². The van der Waals surface area contributed by atoms with Gasteiger partial charge in [-0.2, -0.15) is 0 Å². The van der Waals surface area contributed by atoms with Crippen LogP contribution in [-0.4, -0.2) is 17.2 Å². The van der Waals surface area contributed by atoms with Crippen LogP contribution >= 0.6 is 0 Å². The molecule has 21 heavy (non-hydrogen) atoms. The SMILES string of the molecule is CCC(=O)/C=C/c1ccc(NC(=O)C2(N)CCCC2)cc1. The molecule has 3 N–H and O–H groups in total. The molecule has 1 aromatic rings. The molecule has 4 heteroatoms. The number of carbonyl (C=O) groups is 2. The smallest absolute Gasteiger partial charge is 0.244 e. The molecule has 0 heterocycles. The van der Waals surface area contributed by atoms with Crippen LogP contribution in [0, 0.1) is 0 Å². The van der Waals surface area contributed by atoms with Crippen LogP contribution in [0.1, 0.15) is 44.6 Å². The van der Waals surface area contributed by atoms with E-state index in [2.05, 4.69) is 5.32 Å². The third kappa shape index (κ3) is 4.02. The lowest BCUT2D eigenvalue weighted by Gasteiger charge is -2.22. The molecular formula is C17H22N2O2. The first-order chi connectivity index (χ1) is 10.0. The number of benzene rings is 1. The Labute approximate surface area is 125 Å². The minimum absolute atomic E-state index is 0.0960. The van der Waals surface area contributed by atoms with E-state index < -0.39 is 5.54 Å². The molecule has 2 rings (SSSR count). The van der Waals surface area contributed by atoms with Crippen molar-refractivity contribution in [3.05, 3.63) is 35.9 Å². The van der Waals surface area contributed by atoms with Crippen molar-refractivity contribution in [1.82, 2.24) is 0 Å². The molecule has 0 radical (unpaired) electrons. The second-order valence-electron chi connectivity index (χ2n) is 5.59. The zero-order valence-corrected chi connectivity index (χ0v) is 12.4. The molecule has 1 aliphatic carbocycles. The average molecular weight is 286 g/mol. The normalized spacial score (nSPS) is 17.0. The maximum absolute atomic E-state index is 12.2. The fraction of sp³-hybridized carbons (Fsp3) is 0.412. The molecule has 0 atom stereocenters. The van der Waals surface area contributed by atoms with Gasteiger partial charge >= 0.3 is 0 Å². The zero-order valence-electron chi connectivity index (χ0n) is 12.4. The molecule has 1 fully saturated rings. The monoisotopic (exact) mass is 286 g/mol. The van der Waals surface area contributed by atoms with Crippen molar-refractivity contribution in [2.24, 2.45) is 5.73 Å². The van der Waals surface area contributed by atoms with Crippen LogP contribution in [0.5, 0.6) is 0 Å². The highest BCUT2D eigenvalue weighted by Crippen LogP contribution is 2.28. The number of hydrogen-bond donors (Lipinski definition) is 2. The second-order valence-corrected chi connectivity index (χ2v) is 5.59. The fourth-order valence-corrected chi connectivity index (χ4v) is 2.47. The third-order valence-corrected chi connectivity index (χ3v) is 3.93. The Balaban J connectivity index is 1.98. The van der Waals surface area contributed by atoms with E-state index in [-0.39, 0.29) is 11.7 Å². The summed E-state index contributed by atoms with van der Waals surface area (Å²) in [6, 6.07) is 7.39. The summed E-state index contributed by atoms with van der Waals surface area (Å²) in [5.41, 5.74) is 7.06. The maximum atomic E-state index is 12.2. The molecule has 1 amide bonds. The van der Waals surface area contributed by atoms with Gasteiger partial charge in [-0.3, -0.25) is 9.59 Å². The van der Waals surface area contributed by atoms with E-state index in [4.69, 9.17) is 5.73 Å². The number of rotatable bonds is 5. The summed E-state index contributed by atoms with van der Waals surface area (Å²) in [5.74, 6) is -0.0110. The molecule has 0 spiro atoms. The van der Waals surface area contributed by atoms with Gasteiger partial charge < -0.3 is 11.1 Å². The van der Waals surface area contributed by atoms with Crippen LogP contribution in [-0.2, 0) is 9.59 Å². The summed E-state index contributed by atoms with van der Waals surface area (Å²) in [7, 11) is 0. The van der Waals surface area contributed by atoms with Crippen molar-refractivity contribution in [3.63, 3.8) is 0 Å². The number of nitrogens with one attached hydrogen (secondary N) is 1. The van der Waals surface area contributed by atoms with E-state index in [0.717, 1.165) is 36.9 Å². The van der Waals surface area contributed by atoms with Crippen LogP contribution < -0.4 is 11.1 Å². The van der Waals surface area contributed by atoms with Gasteiger partial charge in [0.2, 0.25) is 5.91 Å². The summed E-state index contributed by atoms with van der Waals surface area (Å²) in [4.78, 5) is 23.4. The lowest BCUT2D eigenvalue weighted by atomic mass is 9.98. The number of ketones is 1. The molecule has 0 bridgehead atoms. The van der Waals surface area contributed by atoms with Gasteiger partial charge in [-0.25, -0.2) is 0 Å². The largest absolute Gasteiger partial charge is 0.324 e. The highest BCUT2D eigenvalue weighted by atomic mass is 16.2. The van der Waals surface area contributed by atoms with Crippen LogP contribution in [0.15, 0.2) is 30.3 Å². The van der Waals surface area contributed by atoms with Gasteiger partial charge in [-0.1, -0.05) is 38.0 Å². The zero-order chi connectivity index (χ0) is 15.3. The number of anilines is 1. The summed E-state index contributed by atoms with van der Waals surface area (Å²) >= 11 is 0. The predicted molar refractivity (Wildman–Crippen MR) is 84.8 cm³/mol. The number of amides is 1. The van der Waals surface area contributed by atoms with Gasteiger partial charge in [-0.05, 0) is 36.6 Å². The number of hydrogen-bond acceptors (Lipinski definition) is 3. The van der Waals surface area contributed by atoms with Crippen LogP contribution in [0.25, 0.3) is 6.08 Å². The molecule has 4 nitrogen and oxygen atoms in total. The minimum Gasteiger partial charge on any atom is -0.324 e. The fourth-order valence-electron chi connectivity index (χ4n) is 2.47. The first kappa shape index (κ1) is 15.4. The summed E-state index contributed by atoms with van der Waals surface area (Å²) < 4.78 is 0. The van der Waals surface area contributed by atoms with Gasteiger partial charge in [-0.15, -0.1) is 0 Å². The lowest BCUT2D eigenvalue weighted by molar-refractivity contribution is -0.121. The van der Waals surface area contributed by atoms with Crippen molar-refractivity contribution < 1.29 is 9.59 Å². The number of carbonyl (C=O) groups excluding carboxylic acids is 2. The van der Waals surface area contributed by atoms with Gasteiger partial charge in [0, 0.05) is 12.1 Å². The first-order valence-electron chi connectivity index (χ1n) is 7.45. The minimum atomic E-state index is -0.716. The Morgan fingerprint density at radius 2 is 1.86 bits per heavy atom. The molecule has 1 aromatic carbocycles. The Hall–Kier alpha value is -1.94. The van der Waals surface area contributed by atoms with Crippen molar-refractivity contribution in [2.45, 2.75) is 44.6 Å². The van der Waals surface area contributed by atoms with E-state index in [1.807, 2.05) is 31.2 Å². The van der Waals surface area contributed by atoms with Crippen molar-refractivity contribution in [3.8, 4) is 0 Å². The van der Waals surface area contributed by atoms with E-state index in [1.54, 1.807) is 12.2 Å². The number of allylic oxidation sites excluding steroid dienone is 1. The van der Waals surface area contributed by atoms with E-state index in [1.165, 1.54) is 0 Å². The van der Waals surface area contributed by atoms with Crippen LogP contribution in [0.3, 0.4) is 0 Å². The first-order valence-corrected chi connectivity index (χ1v) is 7.45. The highest BCUT2D eigenvalue weighted by molar-refractivity contribution is 5.98. The Morgan fingerprint density at radius 3 is 2.43 bits per heavy atom. The van der Waals surface area contributed by atoms with Gasteiger partial charge in [0.25, 0.3) is 0 Å². The Bertz CT molecular complexity index is 540. The average Bonchev–Trinajstić information content (AvgIpc) is 2.94. The highest BCUT2D eigenvalue weighted by Gasteiger charge is 2.36. The van der Waals surface area contributed by atoms with E-state index in [0.29, 0.717) is 6.42 Å². The quantitative estimate of drug-likeness (QED) is 0.817. The van der Waals surface area contributed by atoms with Crippen molar-refractivity contribution >= 4 is 23.5 Å².